The third-order valence-electron chi connectivity index (χ3n) is 2.52. The number of carbonyl (C=O) groups is 1. The third-order valence-corrected chi connectivity index (χ3v) is 2.52. The van der Waals surface area contributed by atoms with Crippen LogP contribution in [0.3, 0.4) is 0 Å². The molecule has 7 heteroatoms. The Kier molecular flexibility index (Phi) is 4.81. The molecule has 0 atom stereocenters. The maximum Gasteiger partial charge on any atom is 0.242 e. The largest absolute Gasteiger partial charge is 0.350 e. The molecule has 1 aromatic heterocycles. The summed E-state index contributed by atoms with van der Waals surface area (Å²) in [4.78, 5) is 11.7. The minimum absolute atomic E-state index is 0.0869. The lowest BCUT2D eigenvalue weighted by Gasteiger charge is -2.07. The summed E-state index contributed by atoms with van der Waals surface area (Å²) in [5.41, 5.74) is 7.16. The Balaban J connectivity index is 1.95. The van der Waals surface area contributed by atoms with E-state index in [0.717, 1.165) is 11.1 Å². The predicted molar refractivity (Wildman–Crippen MR) is 72.0 cm³/mol. The predicted octanol–water partition coefficient (Wildman–Crippen LogP) is -0.700. The van der Waals surface area contributed by atoms with Crippen LogP contribution in [0, 0.1) is 11.8 Å². The van der Waals surface area contributed by atoms with E-state index in [-0.39, 0.29) is 12.5 Å². The summed E-state index contributed by atoms with van der Waals surface area (Å²) in [6, 6.07) is 7.60. The van der Waals surface area contributed by atoms with Crippen LogP contribution in [0.2, 0.25) is 0 Å². The standard InChI is InChI=1S/C13H14N6O/c14-7-3-6-11-4-1-2-5-12(11)8-15-13(20)9-19-10-16-17-18-19/h1-2,4-5,10H,7-9,14H2,(H,15,20). The molecule has 0 spiro atoms. The van der Waals surface area contributed by atoms with Crippen LogP contribution < -0.4 is 11.1 Å². The number of hydrogen-bond acceptors (Lipinski definition) is 5. The van der Waals surface area contributed by atoms with Crippen molar-refractivity contribution in [2.24, 2.45) is 5.73 Å². The highest BCUT2D eigenvalue weighted by atomic mass is 16.2. The smallest absolute Gasteiger partial charge is 0.242 e. The van der Waals surface area contributed by atoms with Gasteiger partial charge in [0.05, 0.1) is 6.54 Å². The van der Waals surface area contributed by atoms with Crippen LogP contribution in [0.5, 0.6) is 0 Å². The average Bonchev–Trinajstić information content (AvgIpc) is 2.96. The fourth-order valence-corrected chi connectivity index (χ4v) is 1.59. The molecule has 2 rings (SSSR count). The van der Waals surface area contributed by atoms with Crippen LogP contribution in [-0.4, -0.2) is 32.7 Å². The number of rotatable bonds is 4. The van der Waals surface area contributed by atoms with Crippen LogP contribution in [-0.2, 0) is 17.9 Å². The molecule has 0 radical (unpaired) electrons. The summed E-state index contributed by atoms with van der Waals surface area (Å²) in [7, 11) is 0. The molecule has 102 valence electrons. The highest BCUT2D eigenvalue weighted by molar-refractivity contribution is 5.75. The number of nitrogens with one attached hydrogen (secondary N) is 1. The second-order valence-corrected chi connectivity index (χ2v) is 3.95. The van der Waals surface area contributed by atoms with Crippen molar-refractivity contribution in [3.05, 3.63) is 41.7 Å². The maximum atomic E-state index is 11.7. The highest BCUT2D eigenvalue weighted by Crippen LogP contribution is 2.06. The first kappa shape index (κ1) is 13.7. The van der Waals surface area contributed by atoms with Gasteiger partial charge in [-0.25, -0.2) is 4.68 Å². The van der Waals surface area contributed by atoms with Gasteiger partial charge < -0.3 is 11.1 Å². The molecule has 0 saturated carbocycles. The number of hydrogen-bond donors (Lipinski definition) is 2. The Morgan fingerprint density at radius 2 is 2.25 bits per heavy atom. The van der Waals surface area contributed by atoms with Gasteiger partial charge in [-0.2, -0.15) is 0 Å². The second kappa shape index (κ2) is 7.01. The van der Waals surface area contributed by atoms with E-state index in [2.05, 4.69) is 32.7 Å². The van der Waals surface area contributed by atoms with Gasteiger partial charge in [0.1, 0.15) is 12.9 Å². The van der Waals surface area contributed by atoms with E-state index in [1.807, 2.05) is 24.3 Å². The quantitative estimate of drug-likeness (QED) is 0.716. The zero-order chi connectivity index (χ0) is 14.2. The molecule has 0 aliphatic carbocycles. The molecule has 0 saturated heterocycles. The number of nitrogens with two attached hydrogens (primary N) is 1. The molecular weight excluding hydrogens is 256 g/mol. The molecule has 7 nitrogen and oxygen atoms in total. The number of carbonyl (C=O) groups excluding carboxylic acids is 1. The average molecular weight is 270 g/mol. The summed E-state index contributed by atoms with van der Waals surface area (Å²) in [6.07, 6.45) is 1.39. The van der Waals surface area contributed by atoms with E-state index in [1.165, 1.54) is 11.0 Å². The number of amides is 1. The Labute approximate surface area is 116 Å². The normalized spacial score (nSPS) is 9.65. The zero-order valence-electron chi connectivity index (χ0n) is 10.8. The van der Waals surface area contributed by atoms with Gasteiger partial charge in [0.2, 0.25) is 5.91 Å². The maximum absolute atomic E-state index is 11.7. The van der Waals surface area contributed by atoms with Crippen molar-refractivity contribution in [1.82, 2.24) is 25.5 Å². The van der Waals surface area contributed by atoms with Gasteiger partial charge in [0.15, 0.2) is 0 Å². The molecule has 0 bridgehead atoms. The Hall–Kier alpha value is -2.72. The number of nitrogens with zero attached hydrogens (tertiary/aromatic N) is 4. The van der Waals surface area contributed by atoms with E-state index >= 15 is 0 Å². The minimum Gasteiger partial charge on any atom is -0.350 e. The SMILES string of the molecule is NCC#Cc1ccccc1CNC(=O)Cn1cnnn1. The van der Waals surface area contributed by atoms with Gasteiger partial charge >= 0.3 is 0 Å². The van der Waals surface area contributed by atoms with Gasteiger partial charge in [0, 0.05) is 12.1 Å². The van der Waals surface area contributed by atoms with Gasteiger partial charge in [0.25, 0.3) is 0 Å². The van der Waals surface area contributed by atoms with Crippen molar-refractivity contribution in [2.45, 2.75) is 13.1 Å². The van der Waals surface area contributed by atoms with Crippen LogP contribution >= 0.6 is 0 Å². The number of tetrazole rings is 1. The van der Waals surface area contributed by atoms with E-state index in [1.54, 1.807) is 0 Å². The van der Waals surface area contributed by atoms with Crippen LogP contribution in [0.15, 0.2) is 30.6 Å². The lowest BCUT2D eigenvalue weighted by Crippen LogP contribution is -2.27. The van der Waals surface area contributed by atoms with E-state index < -0.39 is 0 Å². The summed E-state index contributed by atoms with van der Waals surface area (Å²) in [6.45, 7) is 0.792. The first-order valence-corrected chi connectivity index (χ1v) is 6.04. The van der Waals surface area contributed by atoms with Crippen LogP contribution in [0.4, 0.5) is 0 Å². The first-order chi connectivity index (χ1) is 9.79. The number of aromatic nitrogens is 4. The molecule has 20 heavy (non-hydrogen) atoms. The second-order valence-electron chi connectivity index (χ2n) is 3.95. The zero-order valence-corrected chi connectivity index (χ0v) is 10.8. The fraction of sp³-hybridized carbons (Fsp3) is 0.231. The van der Waals surface area contributed by atoms with Gasteiger partial charge in [-0.3, -0.25) is 4.79 Å². The Morgan fingerprint density at radius 3 is 3.00 bits per heavy atom. The topological polar surface area (TPSA) is 98.7 Å². The van der Waals surface area contributed by atoms with Crippen molar-refractivity contribution in [3.8, 4) is 11.8 Å². The molecule has 3 N–H and O–H groups in total. The lowest BCUT2D eigenvalue weighted by atomic mass is 10.1. The summed E-state index contributed by atoms with van der Waals surface area (Å²) >= 11 is 0. The van der Waals surface area contributed by atoms with E-state index in [9.17, 15) is 4.79 Å². The molecule has 0 aliphatic heterocycles. The third kappa shape index (κ3) is 3.90. The number of benzene rings is 1. The Bertz CT molecular complexity index is 626. The van der Waals surface area contributed by atoms with Crippen molar-refractivity contribution in [3.63, 3.8) is 0 Å². The lowest BCUT2D eigenvalue weighted by molar-refractivity contribution is -0.122. The van der Waals surface area contributed by atoms with Gasteiger partial charge in [-0.1, -0.05) is 30.0 Å². The van der Waals surface area contributed by atoms with Crippen LogP contribution in [0.1, 0.15) is 11.1 Å². The van der Waals surface area contributed by atoms with E-state index in [0.29, 0.717) is 13.1 Å². The summed E-state index contributed by atoms with van der Waals surface area (Å²) < 4.78 is 1.36. The molecule has 1 aromatic carbocycles. The van der Waals surface area contributed by atoms with Crippen molar-refractivity contribution in [1.29, 1.82) is 0 Å². The molecule has 0 aliphatic rings. The van der Waals surface area contributed by atoms with Crippen LogP contribution in [0.25, 0.3) is 0 Å². The monoisotopic (exact) mass is 270 g/mol. The van der Waals surface area contributed by atoms with Crippen molar-refractivity contribution < 1.29 is 4.79 Å². The molecule has 0 unspecified atom stereocenters. The summed E-state index contributed by atoms with van der Waals surface area (Å²) in [5.74, 6) is 5.61. The molecular formula is C13H14N6O. The minimum atomic E-state index is -0.168. The molecule has 0 fully saturated rings. The summed E-state index contributed by atoms with van der Waals surface area (Å²) in [5, 5.41) is 13.4. The fourth-order valence-electron chi connectivity index (χ4n) is 1.59. The van der Waals surface area contributed by atoms with Gasteiger partial charge in [-0.05, 0) is 22.1 Å². The van der Waals surface area contributed by atoms with Crippen molar-refractivity contribution >= 4 is 5.91 Å². The molecule has 1 amide bonds. The molecule has 2 aromatic rings. The van der Waals surface area contributed by atoms with E-state index in [4.69, 9.17) is 5.73 Å². The van der Waals surface area contributed by atoms with Gasteiger partial charge in [-0.15, -0.1) is 5.10 Å². The Morgan fingerprint density at radius 1 is 1.40 bits per heavy atom. The van der Waals surface area contributed by atoms with Crippen molar-refractivity contribution in [2.75, 3.05) is 6.54 Å². The first-order valence-electron chi connectivity index (χ1n) is 6.04. The molecule has 1 heterocycles. The highest BCUT2D eigenvalue weighted by Gasteiger charge is 2.05.